The molecule has 6 nitrogen and oxygen atoms in total. The zero-order chi connectivity index (χ0) is 15.0. The molecule has 21 heavy (non-hydrogen) atoms. The van der Waals surface area contributed by atoms with Crippen molar-refractivity contribution in [1.82, 2.24) is 8.75 Å². The molecule has 0 saturated heterocycles. The van der Waals surface area contributed by atoms with Crippen LogP contribution in [0.1, 0.15) is 20.7 Å². The first-order valence-electron chi connectivity index (χ1n) is 5.90. The molecule has 0 atom stereocenters. The zero-order valence-electron chi connectivity index (χ0n) is 10.5. The Balaban J connectivity index is 2.17. The van der Waals surface area contributed by atoms with E-state index in [9.17, 15) is 9.59 Å². The van der Waals surface area contributed by atoms with E-state index in [-0.39, 0.29) is 11.1 Å². The summed E-state index contributed by atoms with van der Waals surface area (Å²) >= 11 is 0.944. The molecule has 0 bridgehead atoms. The smallest absolute Gasteiger partial charge is 0.338 e. The van der Waals surface area contributed by atoms with Crippen LogP contribution in [0.2, 0.25) is 0 Å². The Bertz CT molecular complexity index is 855. The minimum Gasteiger partial charge on any atom is -0.478 e. The number of rotatable bonds is 3. The van der Waals surface area contributed by atoms with Gasteiger partial charge in [0, 0.05) is 5.56 Å². The molecule has 104 valence electrons. The highest BCUT2D eigenvalue weighted by atomic mass is 32.1. The first-order chi connectivity index (χ1) is 10.1. The molecule has 2 aromatic carbocycles. The SMILES string of the molecule is O=C(O)c1ccc(-c2ccc(C(=O)O)c3nsnc23)cc1. The van der Waals surface area contributed by atoms with Gasteiger partial charge >= 0.3 is 11.9 Å². The van der Waals surface area contributed by atoms with E-state index < -0.39 is 11.9 Å². The van der Waals surface area contributed by atoms with E-state index >= 15 is 0 Å². The van der Waals surface area contributed by atoms with Crippen LogP contribution in [0.3, 0.4) is 0 Å². The average molecular weight is 300 g/mol. The summed E-state index contributed by atoms with van der Waals surface area (Å²) < 4.78 is 8.17. The third-order valence-electron chi connectivity index (χ3n) is 3.09. The number of carboxylic acid groups (broad SMARTS) is 2. The van der Waals surface area contributed by atoms with Gasteiger partial charge < -0.3 is 10.2 Å². The summed E-state index contributed by atoms with van der Waals surface area (Å²) in [5.41, 5.74) is 2.61. The van der Waals surface area contributed by atoms with E-state index in [1.54, 1.807) is 18.2 Å². The fourth-order valence-corrected chi connectivity index (χ4v) is 2.64. The molecule has 0 aliphatic carbocycles. The molecule has 0 saturated carbocycles. The van der Waals surface area contributed by atoms with Crippen LogP contribution in [0.15, 0.2) is 36.4 Å². The molecular formula is C14H8N2O4S. The molecule has 1 aromatic heterocycles. The quantitative estimate of drug-likeness (QED) is 0.771. The van der Waals surface area contributed by atoms with E-state index in [1.165, 1.54) is 18.2 Å². The second-order valence-corrected chi connectivity index (χ2v) is 4.84. The molecule has 3 rings (SSSR count). The molecule has 0 fully saturated rings. The van der Waals surface area contributed by atoms with Gasteiger partial charge in [-0.3, -0.25) is 0 Å². The largest absolute Gasteiger partial charge is 0.478 e. The minimum absolute atomic E-state index is 0.102. The van der Waals surface area contributed by atoms with E-state index in [1.807, 2.05) is 0 Å². The average Bonchev–Trinajstić information content (AvgIpc) is 2.95. The first-order valence-corrected chi connectivity index (χ1v) is 6.63. The number of aromatic nitrogens is 2. The Morgan fingerprint density at radius 2 is 1.52 bits per heavy atom. The predicted molar refractivity (Wildman–Crippen MR) is 76.8 cm³/mol. The molecule has 1 heterocycles. The van der Waals surface area contributed by atoms with Crippen LogP contribution < -0.4 is 0 Å². The van der Waals surface area contributed by atoms with Crippen LogP contribution in [0.4, 0.5) is 0 Å². The monoisotopic (exact) mass is 300 g/mol. The normalized spacial score (nSPS) is 10.7. The van der Waals surface area contributed by atoms with Crippen molar-refractivity contribution in [2.45, 2.75) is 0 Å². The summed E-state index contributed by atoms with van der Waals surface area (Å²) in [6.45, 7) is 0. The summed E-state index contributed by atoms with van der Waals surface area (Å²) in [6, 6.07) is 9.45. The van der Waals surface area contributed by atoms with E-state index in [4.69, 9.17) is 10.2 Å². The third-order valence-corrected chi connectivity index (χ3v) is 3.62. The van der Waals surface area contributed by atoms with Crippen LogP contribution in [-0.2, 0) is 0 Å². The molecule has 0 amide bonds. The van der Waals surface area contributed by atoms with Crippen molar-refractivity contribution in [2.24, 2.45) is 0 Å². The van der Waals surface area contributed by atoms with Crippen LogP contribution >= 0.6 is 11.7 Å². The van der Waals surface area contributed by atoms with Gasteiger partial charge in [0.25, 0.3) is 0 Å². The number of benzene rings is 2. The van der Waals surface area contributed by atoms with Gasteiger partial charge in [-0.2, -0.15) is 8.75 Å². The Kier molecular flexibility index (Phi) is 3.11. The van der Waals surface area contributed by atoms with Gasteiger partial charge in [0.15, 0.2) is 0 Å². The molecule has 2 N–H and O–H groups in total. The lowest BCUT2D eigenvalue weighted by molar-refractivity contribution is 0.0687. The number of hydrogen-bond donors (Lipinski definition) is 2. The Morgan fingerprint density at radius 1 is 0.857 bits per heavy atom. The lowest BCUT2D eigenvalue weighted by Gasteiger charge is -2.04. The number of hydrogen-bond acceptors (Lipinski definition) is 5. The number of carboxylic acids is 2. The van der Waals surface area contributed by atoms with Gasteiger partial charge in [-0.15, -0.1) is 0 Å². The third kappa shape index (κ3) is 2.23. The number of carbonyl (C=O) groups is 2. The second kappa shape index (κ2) is 4.95. The van der Waals surface area contributed by atoms with Crippen LogP contribution in [-0.4, -0.2) is 30.9 Å². The molecule has 0 spiro atoms. The Labute approximate surface area is 122 Å². The highest BCUT2D eigenvalue weighted by Gasteiger charge is 2.16. The van der Waals surface area contributed by atoms with Crippen molar-refractivity contribution >= 4 is 34.7 Å². The standard InChI is InChI=1S/C14H8N2O4S/c17-13(18)8-3-1-7(2-4-8)9-5-6-10(14(19)20)12-11(9)15-21-16-12/h1-6H,(H,17,18)(H,19,20). The molecule has 0 radical (unpaired) electrons. The van der Waals surface area contributed by atoms with Crippen molar-refractivity contribution in [2.75, 3.05) is 0 Å². The minimum atomic E-state index is -1.06. The first kappa shape index (κ1) is 13.2. The highest BCUT2D eigenvalue weighted by Crippen LogP contribution is 2.29. The Hall–Kier alpha value is -2.80. The summed E-state index contributed by atoms with van der Waals surface area (Å²) in [7, 11) is 0. The van der Waals surface area contributed by atoms with Crippen LogP contribution in [0.5, 0.6) is 0 Å². The zero-order valence-corrected chi connectivity index (χ0v) is 11.3. The number of fused-ring (bicyclic) bond motifs is 1. The van der Waals surface area contributed by atoms with Crippen molar-refractivity contribution in [3.63, 3.8) is 0 Å². The van der Waals surface area contributed by atoms with Crippen LogP contribution in [0.25, 0.3) is 22.2 Å². The summed E-state index contributed by atoms with van der Waals surface area (Å²) in [5, 5.41) is 18.0. The lowest BCUT2D eigenvalue weighted by atomic mass is 10.0. The molecule has 7 heteroatoms. The van der Waals surface area contributed by atoms with Crippen molar-refractivity contribution in [3.05, 3.63) is 47.5 Å². The van der Waals surface area contributed by atoms with Crippen molar-refractivity contribution in [3.8, 4) is 11.1 Å². The summed E-state index contributed by atoms with van der Waals surface area (Å²) in [6.07, 6.45) is 0. The summed E-state index contributed by atoms with van der Waals surface area (Å²) in [5.74, 6) is -2.05. The maximum absolute atomic E-state index is 11.2. The van der Waals surface area contributed by atoms with Gasteiger partial charge in [0.1, 0.15) is 11.0 Å². The predicted octanol–water partition coefficient (Wildman–Crippen LogP) is 2.75. The Morgan fingerprint density at radius 3 is 2.14 bits per heavy atom. The van der Waals surface area contributed by atoms with Crippen molar-refractivity contribution < 1.29 is 19.8 Å². The van der Waals surface area contributed by atoms with Gasteiger partial charge in [0.2, 0.25) is 0 Å². The van der Waals surface area contributed by atoms with Gasteiger partial charge in [0.05, 0.1) is 22.9 Å². The second-order valence-electron chi connectivity index (χ2n) is 4.31. The fraction of sp³-hybridized carbons (Fsp3) is 0. The van der Waals surface area contributed by atoms with Crippen molar-refractivity contribution in [1.29, 1.82) is 0 Å². The maximum atomic E-state index is 11.2. The molecule has 0 aliphatic rings. The lowest BCUT2D eigenvalue weighted by Crippen LogP contribution is -1.98. The highest BCUT2D eigenvalue weighted by molar-refractivity contribution is 7.00. The van der Waals surface area contributed by atoms with E-state index in [2.05, 4.69) is 8.75 Å². The van der Waals surface area contributed by atoms with Gasteiger partial charge in [-0.25, -0.2) is 9.59 Å². The fourth-order valence-electron chi connectivity index (χ4n) is 2.06. The van der Waals surface area contributed by atoms with E-state index in [0.29, 0.717) is 11.0 Å². The van der Waals surface area contributed by atoms with E-state index in [0.717, 1.165) is 22.9 Å². The van der Waals surface area contributed by atoms with Gasteiger partial charge in [-0.05, 0) is 23.8 Å². The number of nitrogens with zero attached hydrogens (tertiary/aromatic N) is 2. The molecule has 3 aromatic rings. The van der Waals surface area contributed by atoms with Crippen LogP contribution in [0, 0.1) is 0 Å². The number of aromatic carboxylic acids is 2. The maximum Gasteiger partial charge on any atom is 0.338 e. The molecule has 0 aliphatic heterocycles. The topological polar surface area (TPSA) is 100 Å². The molecule has 0 unspecified atom stereocenters. The molecular weight excluding hydrogens is 292 g/mol. The van der Waals surface area contributed by atoms with Gasteiger partial charge in [-0.1, -0.05) is 18.2 Å². The summed E-state index contributed by atoms with van der Waals surface area (Å²) in [4.78, 5) is 22.0.